The molecule has 0 saturated heterocycles. The number of fused-ring (bicyclic) bond motifs is 1. The summed E-state index contributed by atoms with van der Waals surface area (Å²) in [4.78, 5) is 2.34. The highest BCUT2D eigenvalue weighted by molar-refractivity contribution is 7.89. The lowest BCUT2D eigenvalue weighted by Crippen LogP contribution is -2.49. The normalized spacial score (nSPS) is 22.2. The van der Waals surface area contributed by atoms with Gasteiger partial charge in [0.15, 0.2) is 0 Å². The lowest BCUT2D eigenvalue weighted by atomic mass is 10.0. The van der Waals surface area contributed by atoms with Crippen LogP contribution in [0.15, 0.2) is 59.5 Å². The number of benzene rings is 2. The molecule has 3 atom stereocenters. The molecule has 0 spiro atoms. The Bertz CT molecular complexity index is 1020. The maximum absolute atomic E-state index is 13.5. The van der Waals surface area contributed by atoms with Gasteiger partial charge in [0.2, 0.25) is 10.0 Å². The van der Waals surface area contributed by atoms with E-state index in [0.717, 1.165) is 12.1 Å². The zero-order valence-corrected chi connectivity index (χ0v) is 20.1. The zero-order chi connectivity index (χ0) is 23.3. The van der Waals surface area contributed by atoms with Gasteiger partial charge in [0, 0.05) is 31.6 Å². The van der Waals surface area contributed by atoms with Crippen molar-refractivity contribution in [3.8, 4) is 5.75 Å². The largest absolute Gasteiger partial charge is 0.487 e. The molecule has 0 fully saturated rings. The van der Waals surface area contributed by atoms with E-state index in [1.165, 1.54) is 9.87 Å². The minimum atomic E-state index is -3.81. The van der Waals surface area contributed by atoms with Crippen LogP contribution in [0.2, 0.25) is 0 Å². The maximum Gasteiger partial charge on any atom is 0.247 e. The Hall–Kier alpha value is -2.19. The second-order valence-electron chi connectivity index (χ2n) is 8.63. The van der Waals surface area contributed by atoms with Crippen LogP contribution >= 0.6 is 0 Å². The number of hydrogen-bond acceptors (Lipinski definition) is 5. The molecule has 0 bridgehead atoms. The fraction of sp³-hybridized carbons (Fsp3) is 0.440. The Balaban J connectivity index is 1.97. The van der Waals surface area contributed by atoms with Crippen LogP contribution in [-0.4, -0.2) is 61.6 Å². The van der Waals surface area contributed by atoms with Crippen LogP contribution in [0.25, 0.3) is 6.08 Å². The van der Waals surface area contributed by atoms with Gasteiger partial charge >= 0.3 is 0 Å². The Morgan fingerprint density at radius 3 is 2.62 bits per heavy atom. The monoisotopic (exact) mass is 458 g/mol. The molecular weight excluding hydrogens is 424 g/mol. The van der Waals surface area contributed by atoms with Gasteiger partial charge in [0.25, 0.3) is 0 Å². The minimum Gasteiger partial charge on any atom is -0.487 e. The van der Waals surface area contributed by atoms with Crippen molar-refractivity contribution in [2.45, 2.75) is 44.4 Å². The van der Waals surface area contributed by atoms with Gasteiger partial charge in [-0.1, -0.05) is 55.5 Å². The van der Waals surface area contributed by atoms with E-state index in [1.54, 1.807) is 25.1 Å². The minimum absolute atomic E-state index is 0.0736. The molecule has 1 aliphatic rings. The highest BCUT2D eigenvalue weighted by atomic mass is 32.2. The van der Waals surface area contributed by atoms with Crippen LogP contribution in [0.5, 0.6) is 5.75 Å². The molecular formula is C25H34N2O4S. The molecule has 1 aliphatic heterocycles. The number of allylic oxidation sites excluding steroid dienone is 1. The van der Waals surface area contributed by atoms with E-state index in [2.05, 4.69) is 17.0 Å². The third-order valence-electron chi connectivity index (χ3n) is 5.84. The van der Waals surface area contributed by atoms with Crippen molar-refractivity contribution in [1.82, 2.24) is 9.21 Å². The summed E-state index contributed by atoms with van der Waals surface area (Å²) >= 11 is 0. The Morgan fingerprint density at radius 1 is 1.25 bits per heavy atom. The van der Waals surface area contributed by atoms with Gasteiger partial charge in [0.05, 0.1) is 6.61 Å². The van der Waals surface area contributed by atoms with Gasteiger partial charge < -0.3 is 9.84 Å². The summed E-state index contributed by atoms with van der Waals surface area (Å²) in [7, 11) is -1.76. The van der Waals surface area contributed by atoms with Crippen molar-refractivity contribution >= 4 is 16.1 Å². The van der Waals surface area contributed by atoms with Crippen molar-refractivity contribution in [3.05, 3.63) is 65.7 Å². The van der Waals surface area contributed by atoms with Crippen molar-refractivity contribution in [2.75, 3.05) is 26.7 Å². The number of ether oxygens (including phenoxy) is 1. The zero-order valence-electron chi connectivity index (χ0n) is 19.3. The van der Waals surface area contributed by atoms with E-state index in [9.17, 15) is 13.5 Å². The Kier molecular flexibility index (Phi) is 8.11. The number of likely N-dealkylation sites (N-methyl/N-ethyl adjacent to an activating group) is 1. The van der Waals surface area contributed by atoms with Crippen LogP contribution in [0, 0.1) is 5.92 Å². The standard InChI is InChI=1S/C25H34N2O4S/c1-5-9-21-12-13-25-23(14-21)31-24(17-26(4)16-22-10-7-6-8-11-22)19(2)15-27(20(3)18-28)32(25,29)30/h5-14,19-20,24,28H,15-18H2,1-4H3/b9-5+/t19-,20+,24-/m0/s1. The van der Waals surface area contributed by atoms with Gasteiger partial charge in [-0.25, -0.2) is 8.42 Å². The molecule has 0 aliphatic carbocycles. The molecule has 3 rings (SSSR count). The first kappa shape index (κ1) is 24.5. The van der Waals surface area contributed by atoms with Crippen LogP contribution in [0.3, 0.4) is 0 Å². The van der Waals surface area contributed by atoms with Crippen LogP contribution in [0.4, 0.5) is 0 Å². The fourth-order valence-corrected chi connectivity index (χ4v) is 5.85. The third-order valence-corrected chi connectivity index (χ3v) is 7.86. The van der Waals surface area contributed by atoms with Crippen molar-refractivity contribution in [2.24, 2.45) is 5.92 Å². The third kappa shape index (κ3) is 5.59. The molecule has 2 aromatic rings. The van der Waals surface area contributed by atoms with Gasteiger partial charge in [0.1, 0.15) is 16.7 Å². The lowest BCUT2D eigenvalue weighted by Gasteiger charge is -2.37. The molecule has 6 nitrogen and oxygen atoms in total. The van der Waals surface area contributed by atoms with Crippen LogP contribution in [-0.2, 0) is 16.6 Å². The van der Waals surface area contributed by atoms with E-state index in [4.69, 9.17) is 4.74 Å². The molecule has 1 heterocycles. The molecule has 0 amide bonds. The molecule has 0 unspecified atom stereocenters. The number of hydrogen-bond donors (Lipinski definition) is 1. The first-order valence-electron chi connectivity index (χ1n) is 11.0. The van der Waals surface area contributed by atoms with Gasteiger partial charge in [-0.3, -0.25) is 4.90 Å². The summed E-state index contributed by atoms with van der Waals surface area (Å²) < 4.78 is 34.8. The summed E-state index contributed by atoms with van der Waals surface area (Å²) in [5.41, 5.74) is 2.09. The first-order chi connectivity index (χ1) is 15.3. The second kappa shape index (κ2) is 10.6. The summed E-state index contributed by atoms with van der Waals surface area (Å²) in [6, 6.07) is 14.9. The predicted molar refractivity (Wildman–Crippen MR) is 128 cm³/mol. The molecule has 174 valence electrons. The maximum atomic E-state index is 13.5. The number of rotatable bonds is 7. The summed E-state index contributed by atoms with van der Waals surface area (Å²) in [5, 5.41) is 9.75. The second-order valence-corrected chi connectivity index (χ2v) is 10.5. The van der Waals surface area contributed by atoms with E-state index < -0.39 is 16.1 Å². The highest BCUT2D eigenvalue weighted by Crippen LogP contribution is 2.34. The first-order valence-corrected chi connectivity index (χ1v) is 12.5. The van der Waals surface area contributed by atoms with Gasteiger partial charge in [-0.2, -0.15) is 4.31 Å². The van der Waals surface area contributed by atoms with E-state index in [-0.39, 0.29) is 30.1 Å². The van der Waals surface area contributed by atoms with E-state index in [1.807, 2.05) is 51.2 Å². The quantitative estimate of drug-likeness (QED) is 0.686. The van der Waals surface area contributed by atoms with Crippen LogP contribution < -0.4 is 4.74 Å². The molecule has 0 radical (unpaired) electrons. The Morgan fingerprint density at radius 2 is 1.97 bits per heavy atom. The summed E-state index contributed by atoms with van der Waals surface area (Å²) in [5.74, 6) is 0.288. The van der Waals surface area contributed by atoms with Crippen molar-refractivity contribution in [1.29, 1.82) is 0 Å². The van der Waals surface area contributed by atoms with Crippen LogP contribution in [0.1, 0.15) is 31.9 Å². The van der Waals surface area contributed by atoms with Gasteiger partial charge in [-0.15, -0.1) is 0 Å². The average Bonchev–Trinajstić information content (AvgIpc) is 2.76. The number of nitrogens with zero attached hydrogens (tertiary/aromatic N) is 2. The SMILES string of the molecule is C/C=C/c1ccc2c(c1)O[C@@H](CN(C)Cc1ccccc1)[C@@H](C)CN([C@H](C)CO)S2(=O)=O. The molecule has 0 saturated carbocycles. The molecule has 32 heavy (non-hydrogen) atoms. The Labute approximate surface area is 192 Å². The number of aliphatic hydroxyl groups excluding tert-OH is 1. The van der Waals surface area contributed by atoms with Gasteiger partial charge in [-0.05, 0) is 44.2 Å². The van der Waals surface area contributed by atoms with Crippen molar-refractivity contribution < 1.29 is 18.3 Å². The lowest BCUT2D eigenvalue weighted by molar-refractivity contribution is 0.0733. The van der Waals surface area contributed by atoms with E-state index in [0.29, 0.717) is 12.3 Å². The highest BCUT2D eigenvalue weighted by Gasteiger charge is 2.38. The smallest absolute Gasteiger partial charge is 0.247 e. The average molecular weight is 459 g/mol. The number of sulfonamides is 1. The molecule has 1 N–H and O–H groups in total. The topological polar surface area (TPSA) is 70.1 Å². The molecule has 2 aromatic carbocycles. The number of aliphatic hydroxyl groups is 1. The summed E-state index contributed by atoms with van der Waals surface area (Å²) in [6.45, 7) is 7.12. The predicted octanol–water partition coefficient (Wildman–Crippen LogP) is 3.62. The summed E-state index contributed by atoms with van der Waals surface area (Å²) in [6.07, 6.45) is 3.61. The van der Waals surface area contributed by atoms with E-state index >= 15 is 0 Å². The van der Waals surface area contributed by atoms with Crippen molar-refractivity contribution in [3.63, 3.8) is 0 Å². The fourth-order valence-electron chi connectivity index (χ4n) is 4.02. The molecule has 7 heteroatoms. The molecule has 0 aromatic heterocycles.